The molecule has 0 saturated carbocycles. The summed E-state index contributed by atoms with van der Waals surface area (Å²) < 4.78 is 0. The molecule has 0 bridgehead atoms. The summed E-state index contributed by atoms with van der Waals surface area (Å²) in [5, 5.41) is 0.764. The van der Waals surface area contributed by atoms with E-state index in [1.165, 1.54) is 6.42 Å². The molecule has 1 rings (SSSR count). The highest BCUT2D eigenvalue weighted by Gasteiger charge is 2.10. The van der Waals surface area contributed by atoms with Gasteiger partial charge in [0.05, 0.1) is 0 Å². The lowest BCUT2D eigenvalue weighted by molar-refractivity contribution is 0.559. The van der Waals surface area contributed by atoms with Crippen LogP contribution in [0.1, 0.15) is 25.8 Å². The molecule has 1 atom stereocenters. The molecule has 0 N–H and O–H groups in total. The van der Waals surface area contributed by atoms with Gasteiger partial charge in [0, 0.05) is 30.2 Å². The van der Waals surface area contributed by atoms with Crippen molar-refractivity contribution in [2.75, 3.05) is 18.5 Å². The lowest BCUT2D eigenvalue weighted by Crippen LogP contribution is -2.24. The van der Waals surface area contributed by atoms with Crippen molar-refractivity contribution in [2.45, 2.75) is 26.1 Å². The minimum absolute atomic E-state index is 0.525. The third kappa shape index (κ3) is 3.57. The summed E-state index contributed by atoms with van der Waals surface area (Å²) in [4.78, 5) is 2.23. The number of hydrogen-bond acceptors (Lipinski definition) is 1. The Labute approximate surface area is 108 Å². The topological polar surface area (TPSA) is 3.24 Å². The molecule has 3 heteroatoms. The van der Waals surface area contributed by atoms with Crippen LogP contribution < -0.4 is 4.90 Å². The lowest BCUT2D eigenvalue weighted by atomic mass is 10.1. The number of halogens is 2. The maximum absolute atomic E-state index is 6.02. The van der Waals surface area contributed by atoms with Gasteiger partial charge in [-0.1, -0.05) is 37.9 Å². The van der Waals surface area contributed by atoms with Crippen molar-refractivity contribution in [3.63, 3.8) is 0 Å². The molecule has 90 valence electrons. The van der Waals surface area contributed by atoms with Gasteiger partial charge in [0.25, 0.3) is 0 Å². The fraction of sp³-hybridized carbons (Fsp3) is 0.538. The summed E-state index contributed by atoms with van der Waals surface area (Å²) in [6.07, 6.45) is 1.18. The summed E-state index contributed by atoms with van der Waals surface area (Å²) in [6, 6.07) is 5.87. The standard InChI is InChI=1S/C13H19Cl2N/c1-4-10(2)9-16(3)13-7-12(15)6-5-11(13)8-14/h5-7,10H,4,8-9H2,1-3H3. The van der Waals surface area contributed by atoms with Crippen LogP contribution in [0, 0.1) is 5.92 Å². The van der Waals surface area contributed by atoms with E-state index in [2.05, 4.69) is 25.8 Å². The zero-order valence-electron chi connectivity index (χ0n) is 10.1. The van der Waals surface area contributed by atoms with E-state index >= 15 is 0 Å². The van der Waals surface area contributed by atoms with Gasteiger partial charge in [0.15, 0.2) is 0 Å². The molecule has 0 radical (unpaired) electrons. The molecule has 1 aromatic carbocycles. The van der Waals surface area contributed by atoms with Crippen LogP contribution in [-0.2, 0) is 5.88 Å². The number of rotatable bonds is 5. The summed E-state index contributed by atoms with van der Waals surface area (Å²) in [6.45, 7) is 5.49. The van der Waals surface area contributed by atoms with E-state index < -0.39 is 0 Å². The second-order valence-electron chi connectivity index (χ2n) is 4.30. The van der Waals surface area contributed by atoms with E-state index in [0.717, 1.165) is 22.8 Å². The number of hydrogen-bond donors (Lipinski definition) is 0. The molecule has 1 nitrogen and oxygen atoms in total. The number of nitrogens with zero attached hydrogens (tertiary/aromatic N) is 1. The second kappa shape index (κ2) is 6.36. The Morgan fingerprint density at radius 2 is 2.06 bits per heavy atom. The Morgan fingerprint density at radius 1 is 1.38 bits per heavy atom. The van der Waals surface area contributed by atoms with Crippen LogP contribution in [0.4, 0.5) is 5.69 Å². The van der Waals surface area contributed by atoms with Crippen LogP contribution in [0.5, 0.6) is 0 Å². The highest BCUT2D eigenvalue weighted by atomic mass is 35.5. The SMILES string of the molecule is CCC(C)CN(C)c1cc(Cl)ccc1CCl. The van der Waals surface area contributed by atoms with E-state index in [1.54, 1.807) is 0 Å². The number of benzene rings is 1. The van der Waals surface area contributed by atoms with Crippen LogP contribution in [0.25, 0.3) is 0 Å². The maximum atomic E-state index is 6.02. The minimum atomic E-state index is 0.525. The molecule has 0 heterocycles. The summed E-state index contributed by atoms with van der Waals surface area (Å²) >= 11 is 11.9. The van der Waals surface area contributed by atoms with Gasteiger partial charge in [-0.15, -0.1) is 11.6 Å². The van der Waals surface area contributed by atoms with Gasteiger partial charge in [-0.3, -0.25) is 0 Å². The summed E-state index contributed by atoms with van der Waals surface area (Å²) in [7, 11) is 2.09. The van der Waals surface area contributed by atoms with Crippen molar-refractivity contribution < 1.29 is 0 Å². The predicted molar refractivity (Wildman–Crippen MR) is 73.7 cm³/mol. The number of alkyl halides is 1. The number of anilines is 1. The molecule has 0 aliphatic carbocycles. The molecule has 0 aromatic heterocycles. The van der Waals surface area contributed by atoms with E-state index in [1.807, 2.05) is 18.2 Å². The van der Waals surface area contributed by atoms with Gasteiger partial charge in [-0.05, 0) is 23.6 Å². The Bertz CT molecular complexity index is 339. The van der Waals surface area contributed by atoms with Crippen molar-refractivity contribution in [1.82, 2.24) is 0 Å². The Hall–Kier alpha value is -0.400. The van der Waals surface area contributed by atoms with Gasteiger partial charge in [0.2, 0.25) is 0 Å². The monoisotopic (exact) mass is 259 g/mol. The van der Waals surface area contributed by atoms with Crippen LogP contribution in [0.15, 0.2) is 18.2 Å². The lowest BCUT2D eigenvalue weighted by Gasteiger charge is -2.25. The smallest absolute Gasteiger partial charge is 0.0494 e. The molecule has 0 amide bonds. The Kier molecular flexibility index (Phi) is 5.43. The van der Waals surface area contributed by atoms with Crippen molar-refractivity contribution >= 4 is 28.9 Å². The van der Waals surface area contributed by atoms with Gasteiger partial charge in [-0.25, -0.2) is 0 Å². The zero-order chi connectivity index (χ0) is 12.1. The van der Waals surface area contributed by atoms with Crippen molar-refractivity contribution in [2.24, 2.45) is 5.92 Å². The van der Waals surface area contributed by atoms with Crippen LogP contribution in [-0.4, -0.2) is 13.6 Å². The molecule has 16 heavy (non-hydrogen) atoms. The van der Waals surface area contributed by atoms with Crippen molar-refractivity contribution in [1.29, 1.82) is 0 Å². The van der Waals surface area contributed by atoms with E-state index in [0.29, 0.717) is 11.8 Å². The molecule has 0 aliphatic rings. The fourth-order valence-corrected chi connectivity index (χ4v) is 2.09. The Balaban J connectivity index is 2.88. The molecule has 0 saturated heterocycles. The van der Waals surface area contributed by atoms with Gasteiger partial charge >= 0.3 is 0 Å². The molecule has 1 aromatic rings. The van der Waals surface area contributed by atoms with E-state index in [9.17, 15) is 0 Å². The molecule has 1 unspecified atom stereocenters. The van der Waals surface area contributed by atoms with Crippen molar-refractivity contribution in [3.8, 4) is 0 Å². The summed E-state index contributed by atoms with van der Waals surface area (Å²) in [5.74, 6) is 1.20. The molecule has 0 spiro atoms. The van der Waals surface area contributed by atoms with Crippen LogP contribution >= 0.6 is 23.2 Å². The van der Waals surface area contributed by atoms with Gasteiger partial charge in [-0.2, -0.15) is 0 Å². The van der Waals surface area contributed by atoms with Gasteiger partial charge in [0.1, 0.15) is 0 Å². The summed E-state index contributed by atoms with van der Waals surface area (Å²) in [5.41, 5.74) is 2.28. The quantitative estimate of drug-likeness (QED) is 0.701. The highest BCUT2D eigenvalue weighted by Crippen LogP contribution is 2.26. The minimum Gasteiger partial charge on any atom is -0.374 e. The largest absolute Gasteiger partial charge is 0.374 e. The first-order valence-electron chi connectivity index (χ1n) is 5.64. The first kappa shape index (κ1) is 13.7. The normalized spacial score (nSPS) is 12.6. The molecule has 0 fully saturated rings. The zero-order valence-corrected chi connectivity index (χ0v) is 11.6. The van der Waals surface area contributed by atoms with Crippen molar-refractivity contribution in [3.05, 3.63) is 28.8 Å². The molecular weight excluding hydrogens is 241 g/mol. The average molecular weight is 260 g/mol. The molecular formula is C13H19Cl2N. The van der Waals surface area contributed by atoms with Crippen LogP contribution in [0.2, 0.25) is 5.02 Å². The van der Waals surface area contributed by atoms with E-state index in [4.69, 9.17) is 23.2 Å². The average Bonchev–Trinajstić information content (AvgIpc) is 2.28. The fourth-order valence-electron chi connectivity index (χ4n) is 1.70. The van der Waals surface area contributed by atoms with E-state index in [-0.39, 0.29) is 0 Å². The maximum Gasteiger partial charge on any atom is 0.0494 e. The molecule has 0 aliphatic heterocycles. The second-order valence-corrected chi connectivity index (χ2v) is 5.00. The third-order valence-corrected chi connectivity index (χ3v) is 3.41. The third-order valence-electron chi connectivity index (χ3n) is 2.89. The first-order chi connectivity index (χ1) is 7.58. The predicted octanol–water partition coefficient (Wildman–Crippen LogP) is 4.56. The Morgan fingerprint density at radius 3 is 2.62 bits per heavy atom. The highest BCUT2D eigenvalue weighted by molar-refractivity contribution is 6.31. The van der Waals surface area contributed by atoms with Gasteiger partial charge < -0.3 is 4.90 Å². The van der Waals surface area contributed by atoms with Crippen LogP contribution in [0.3, 0.4) is 0 Å². The first-order valence-corrected chi connectivity index (χ1v) is 6.55.